The number of fused-ring (bicyclic) bond motifs is 1. The van der Waals surface area contributed by atoms with E-state index in [4.69, 9.17) is 5.73 Å². The fourth-order valence-corrected chi connectivity index (χ4v) is 1.25. The minimum absolute atomic E-state index is 0.0506. The molecule has 0 aliphatic carbocycles. The van der Waals surface area contributed by atoms with Gasteiger partial charge in [0.2, 0.25) is 5.43 Å². The standard InChI is InChI=1S/C9H8N2O2/c10-6-4-11-8-5(9(6)13)2-1-3-7(8)12/h1-4,12H,10H2,(H,11,13). The van der Waals surface area contributed by atoms with E-state index >= 15 is 0 Å². The SMILES string of the molecule is Nc1c[nH]c2c(O)cccc2c1=O. The minimum Gasteiger partial charge on any atom is -0.506 e. The maximum Gasteiger partial charge on any atom is 0.212 e. The summed E-state index contributed by atoms with van der Waals surface area (Å²) < 4.78 is 0. The molecule has 0 radical (unpaired) electrons. The van der Waals surface area contributed by atoms with Gasteiger partial charge in [0, 0.05) is 6.20 Å². The Bertz CT molecular complexity index is 516. The molecule has 2 rings (SSSR count). The number of aromatic hydroxyl groups is 1. The Morgan fingerprint density at radius 2 is 2.15 bits per heavy atom. The van der Waals surface area contributed by atoms with Gasteiger partial charge in [-0.25, -0.2) is 0 Å². The Hall–Kier alpha value is -1.97. The summed E-state index contributed by atoms with van der Waals surface area (Å²) >= 11 is 0. The molecule has 13 heavy (non-hydrogen) atoms. The second-order valence-electron chi connectivity index (χ2n) is 2.77. The number of rotatable bonds is 0. The topological polar surface area (TPSA) is 79.1 Å². The quantitative estimate of drug-likeness (QED) is 0.555. The molecule has 0 spiro atoms. The van der Waals surface area contributed by atoms with Crippen molar-refractivity contribution >= 4 is 16.6 Å². The lowest BCUT2D eigenvalue weighted by Gasteiger charge is -2.00. The summed E-state index contributed by atoms with van der Waals surface area (Å²) in [5.41, 5.74) is 5.72. The molecule has 1 heterocycles. The van der Waals surface area contributed by atoms with Crippen molar-refractivity contribution in [1.29, 1.82) is 0 Å². The number of aromatic nitrogens is 1. The Labute approximate surface area is 73.6 Å². The van der Waals surface area contributed by atoms with E-state index in [9.17, 15) is 9.90 Å². The molecule has 0 unspecified atom stereocenters. The zero-order valence-electron chi connectivity index (χ0n) is 6.74. The first-order valence-corrected chi connectivity index (χ1v) is 3.79. The Kier molecular flexibility index (Phi) is 1.48. The molecule has 0 bridgehead atoms. The molecule has 0 amide bonds. The first-order valence-electron chi connectivity index (χ1n) is 3.79. The first-order chi connectivity index (χ1) is 6.20. The van der Waals surface area contributed by atoms with Gasteiger partial charge in [-0.3, -0.25) is 4.79 Å². The molecule has 4 heteroatoms. The van der Waals surface area contributed by atoms with Crippen LogP contribution >= 0.6 is 0 Å². The van der Waals surface area contributed by atoms with Gasteiger partial charge in [0.05, 0.1) is 16.6 Å². The number of aromatic amines is 1. The highest BCUT2D eigenvalue weighted by atomic mass is 16.3. The predicted octanol–water partition coefficient (Wildman–Crippen LogP) is 0.816. The molecule has 1 aromatic heterocycles. The van der Waals surface area contributed by atoms with Crippen LogP contribution in [0, 0.1) is 0 Å². The van der Waals surface area contributed by atoms with E-state index in [1.807, 2.05) is 0 Å². The molecule has 0 saturated carbocycles. The van der Waals surface area contributed by atoms with Gasteiger partial charge in [-0.05, 0) is 12.1 Å². The lowest BCUT2D eigenvalue weighted by atomic mass is 10.2. The fraction of sp³-hybridized carbons (Fsp3) is 0. The number of hydrogen-bond acceptors (Lipinski definition) is 3. The number of para-hydroxylation sites is 1. The van der Waals surface area contributed by atoms with E-state index in [0.717, 1.165) is 0 Å². The van der Waals surface area contributed by atoms with Crippen LogP contribution in [0.25, 0.3) is 10.9 Å². The summed E-state index contributed by atoms with van der Waals surface area (Å²) in [6.07, 6.45) is 1.38. The monoisotopic (exact) mass is 176 g/mol. The van der Waals surface area contributed by atoms with Gasteiger partial charge >= 0.3 is 0 Å². The second kappa shape index (κ2) is 2.52. The van der Waals surface area contributed by atoms with Crippen molar-refractivity contribution in [2.75, 3.05) is 5.73 Å². The molecular weight excluding hydrogens is 168 g/mol. The molecule has 4 nitrogen and oxygen atoms in total. The van der Waals surface area contributed by atoms with Crippen LogP contribution in [0.2, 0.25) is 0 Å². The van der Waals surface area contributed by atoms with Crippen molar-refractivity contribution in [3.8, 4) is 5.75 Å². The van der Waals surface area contributed by atoms with Crippen LogP contribution in [0.3, 0.4) is 0 Å². The van der Waals surface area contributed by atoms with Crippen molar-refractivity contribution in [3.05, 3.63) is 34.6 Å². The van der Waals surface area contributed by atoms with Crippen LogP contribution in [0.1, 0.15) is 0 Å². The molecule has 4 N–H and O–H groups in total. The molecule has 0 aliphatic rings. The number of H-pyrrole nitrogens is 1. The number of phenols is 1. The normalized spacial score (nSPS) is 10.5. The van der Waals surface area contributed by atoms with Crippen LogP contribution in [0.5, 0.6) is 5.75 Å². The number of pyridine rings is 1. The number of nitrogens with one attached hydrogen (secondary N) is 1. The minimum atomic E-state index is -0.260. The lowest BCUT2D eigenvalue weighted by molar-refractivity contribution is 0.480. The van der Waals surface area contributed by atoms with Gasteiger partial charge in [-0.15, -0.1) is 0 Å². The zero-order chi connectivity index (χ0) is 9.42. The molecular formula is C9H8N2O2. The van der Waals surface area contributed by atoms with E-state index < -0.39 is 0 Å². The van der Waals surface area contributed by atoms with Crippen molar-refractivity contribution in [1.82, 2.24) is 4.98 Å². The summed E-state index contributed by atoms with van der Waals surface area (Å²) in [4.78, 5) is 14.2. The predicted molar refractivity (Wildman–Crippen MR) is 50.6 cm³/mol. The third-order valence-electron chi connectivity index (χ3n) is 1.92. The van der Waals surface area contributed by atoms with E-state index in [2.05, 4.69) is 4.98 Å². The maximum absolute atomic E-state index is 11.4. The van der Waals surface area contributed by atoms with Gasteiger partial charge in [0.1, 0.15) is 5.75 Å². The Morgan fingerprint density at radius 3 is 2.92 bits per heavy atom. The number of nitrogens with two attached hydrogens (primary N) is 1. The van der Waals surface area contributed by atoms with Crippen molar-refractivity contribution in [3.63, 3.8) is 0 Å². The molecule has 66 valence electrons. The zero-order valence-corrected chi connectivity index (χ0v) is 6.74. The number of nitrogen functional groups attached to an aromatic ring is 1. The number of anilines is 1. The molecule has 0 aliphatic heterocycles. The summed E-state index contributed by atoms with van der Waals surface area (Å²) in [5.74, 6) is 0.0506. The van der Waals surface area contributed by atoms with Gasteiger partial charge in [-0.2, -0.15) is 0 Å². The van der Waals surface area contributed by atoms with E-state index in [-0.39, 0.29) is 16.9 Å². The van der Waals surface area contributed by atoms with Crippen LogP contribution < -0.4 is 11.2 Å². The molecule has 0 atom stereocenters. The molecule has 0 fully saturated rings. The summed E-state index contributed by atoms with van der Waals surface area (Å²) in [6.45, 7) is 0. The smallest absolute Gasteiger partial charge is 0.212 e. The number of phenolic OH excluding ortho intramolecular Hbond substituents is 1. The number of hydrogen-bond donors (Lipinski definition) is 3. The van der Waals surface area contributed by atoms with Gasteiger partial charge in [0.15, 0.2) is 0 Å². The van der Waals surface area contributed by atoms with E-state index in [0.29, 0.717) is 10.9 Å². The number of benzene rings is 1. The van der Waals surface area contributed by atoms with Crippen molar-refractivity contribution < 1.29 is 5.11 Å². The highest BCUT2D eigenvalue weighted by Gasteiger charge is 2.04. The van der Waals surface area contributed by atoms with Crippen molar-refractivity contribution in [2.45, 2.75) is 0 Å². The summed E-state index contributed by atoms with van der Waals surface area (Å²) in [5, 5.41) is 9.78. The van der Waals surface area contributed by atoms with Crippen LogP contribution in [0.15, 0.2) is 29.2 Å². The highest BCUT2D eigenvalue weighted by Crippen LogP contribution is 2.19. The fourth-order valence-electron chi connectivity index (χ4n) is 1.25. The second-order valence-corrected chi connectivity index (χ2v) is 2.77. The largest absolute Gasteiger partial charge is 0.506 e. The molecule has 2 aromatic rings. The Morgan fingerprint density at radius 1 is 1.38 bits per heavy atom. The van der Waals surface area contributed by atoms with E-state index in [1.165, 1.54) is 12.3 Å². The van der Waals surface area contributed by atoms with Crippen LogP contribution in [-0.2, 0) is 0 Å². The first kappa shape index (κ1) is 7.67. The highest BCUT2D eigenvalue weighted by molar-refractivity contribution is 5.85. The molecule has 0 saturated heterocycles. The van der Waals surface area contributed by atoms with E-state index in [1.54, 1.807) is 12.1 Å². The summed E-state index contributed by atoms with van der Waals surface area (Å²) in [7, 11) is 0. The van der Waals surface area contributed by atoms with Crippen molar-refractivity contribution in [2.24, 2.45) is 0 Å². The maximum atomic E-state index is 11.4. The van der Waals surface area contributed by atoms with Crippen LogP contribution in [-0.4, -0.2) is 10.1 Å². The van der Waals surface area contributed by atoms with Gasteiger partial charge in [-0.1, -0.05) is 6.07 Å². The average Bonchev–Trinajstić information content (AvgIpc) is 2.12. The Balaban J connectivity index is 3.03. The van der Waals surface area contributed by atoms with Gasteiger partial charge < -0.3 is 15.8 Å². The average molecular weight is 176 g/mol. The van der Waals surface area contributed by atoms with Crippen LogP contribution in [0.4, 0.5) is 5.69 Å². The molecule has 1 aromatic carbocycles. The lowest BCUT2D eigenvalue weighted by Crippen LogP contribution is -2.08. The third-order valence-corrected chi connectivity index (χ3v) is 1.92. The summed E-state index contributed by atoms with van der Waals surface area (Å²) in [6, 6.07) is 4.73. The third kappa shape index (κ3) is 1.03. The van der Waals surface area contributed by atoms with Gasteiger partial charge in [0.25, 0.3) is 0 Å².